The van der Waals surface area contributed by atoms with Gasteiger partial charge in [-0.1, -0.05) is 24.3 Å². The van der Waals surface area contributed by atoms with Gasteiger partial charge in [0, 0.05) is 43.0 Å². The lowest BCUT2D eigenvalue weighted by Gasteiger charge is -2.42. The third-order valence-corrected chi connectivity index (χ3v) is 7.51. The number of hydrogen-bond acceptors (Lipinski definition) is 5. The number of benzene rings is 1. The van der Waals surface area contributed by atoms with Crippen LogP contribution in [0.5, 0.6) is 0 Å². The smallest absolute Gasteiger partial charge is 0.223 e. The van der Waals surface area contributed by atoms with Crippen LogP contribution in [-0.4, -0.2) is 52.4 Å². The summed E-state index contributed by atoms with van der Waals surface area (Å²) in [5.74, 6) is 0.362. The zero-order valence-electron chi connectivity index (χ0n) is 18.5. The van der Waals surface area contributed by atoms with Gasteiger partial charge in [-0.25, -0.2) is 4.98 Å². The highest BCUT2D eigenvalue weighted by molar-refractivity contribution is 7.09. The summed E-state index contributed by atoms with van der Waals surface area (Å²) >= 11 is 1.71. The molecule has 0 saturated carbocycles. The molecule has 162 valence electrons. The molecule has 2 aromatic rings. The predicted molar refractivity (Wildman–Crippen MR) is 122 cm³/mol. The molecule has 5 nitrogen and oxygen atoms in total. The van der Waals surface area contributed by atoms with E-state index in [0.29, 0.717) is 6.54 Å². The molecular weight excluding hydrogens is 392 g/mol. The first-order valence-corrected chi connectivity index (χ1v) is 12.0. The van der Waals surface area contributed by atoms with Crippen LogP contribution in [0.4, 0.5) is 0 Å². The number of aryl methyl sites for hydroxylation is 1. The lowest BCUT2D eigenvalue weighted by Crippen LogP contribution is -2.54. The lowest BCUT2D eigenvalue weighted by atomic mass is 9.93. The molecule has 3 heterocycles. The Bertz CT molecular complexity index is 870. The molecule has 1 N–H and O–H groups in total. The molecule has 0 radical (unpaired) electrons. The molecule has 1 amide bonds. The van der Waals surface area contributed by atoms with Crippen molar-refractivity contribution in [3.63, 3.8) is 0 Å². The molecule has 2 aliphatic rings. The molecule has 4 rings (SSSR count). The first-order chi connectivity index (χ1) is 14.4. The van der Waals surface area contributed by atoms with E-state index in [1.54, 1.807) is 11.3 Å². The number of aromatic nitrogens is 1. The van der Waals surface area contributed by atoms with Crippen molar-refractivity contribution < 1.29 is 4.79 Å². The Morgan fingerprint density at radius 2 is 1.93 bits per heavy atom. The van der Waals surface area contributed by atoms with Gasteiger partial charge in [-0.2, -0.15) is 0 Å². The van der Waals surface area contributed by atoms with Gasteiger partial charge in [0.05, 0.1) is 10.7 Å². The number of hydrogen-bond donors (Lipinski definition) is 1. The molecule has 0 bridgehead atoms. The Morgan fingerprint density at radius 1 is 1.20 bits per heavy atom. The van der Waals surface area contributed by atoms with E-state index in [1.807, 2.05) is 0 Å². The number of likely N-dealkylation sites (tertiary alicyclic amines) is 1. The van der Waals surface area contributed by atoms with Gasteiger partial charge in [0.1, 0.15) is 0 Å². The quantitative estimate of drug-likeness (QED) is 0.767. The SMILES string of the molecule is Cc1nc(CN2CCC(C(=O)NCC(C)(C)N3CCc4ccccc4C3)CC2)cs1. The second kappa shape index (κ2) is 9.16. The fraction of sp³-hybridized carbons (Fsp3) is 0.583. The largest absolute Gasteiger partial charge is 0.354 e. The van der Waals surface area contributed by atoms with Crippen molar-refractivity contribution in [3.05, 3.63) is 51.5 Å². The number of carbonyl (C=O) groups is 1. The number of nitrogens with one attached hydrogen (secondary N) is 1. The van der Waals surface area contributed by atoms with Crippen LogP contribution in [0.2, 0.25) is 0 Å². The summed E-state index contributed by atoms with van der Waals surface area (Å²) in [5, 5.41) is 6.54. The summed E-state index contributed by atoms with van der Waals surface area (Å²) in [6.07, 6.45) is 2.96. The van der Waals surface area contributed by atoms with Gasteiger partial charge in [0.2, 0.25) is 5.91 Å². The topological polar surface area (TPSA) is 48.5 Å². The molecule has 6 heteroatoms. The van der Waals surface area contributed by atoms with Gasteiger partial charge in [-0.05, 0) is 64.3 Å². The molecule has 0 aliphatic carbocycles. The maximum absolute atomic E-state index is 12.8. The molecule has 2 aliphatic heterocycles. The van der Waals surface area contributed by atoms with Crippen LogP contribution in [0.15, 0.2) is 29.6 Å². The van der Waals surface area contributed by atoms with Crippen LogP contribution >= 0.6 is 11.3 Å². The van der Waals surface area contributed by atoms with Crippen molar-refractivity contribution in [2.45, 2.75) is 58.7 Å². The van der Waals surface area contributed by atoms with Crippen molar-refractivity contribution in [1.29, 1.82) is 0 Å². The highest BCUT2D eigenvalue weighted by Crippen LogP contribution is 2.25. The second-order valence-corrected chi connectivity index (χ2v) is 10.4. The van der Waals surface area contributed by atoms with Crippen molar-refractivity contribution >= 4 is 17.2 Å². The Hall–Kier alpha value is -1.76. The summed E-state index contributed by atoms with van der Waals surface area (Å²) < 4.78 is 0. The number of piperidine rings is 1. The van der Waals surface area contributed by atoms with Gasteiger partial charge in [0.15, 0.2) is 0 Å². The van der Waals surface area contributed by atoms with Gasteiger partial charge >= 0.3 is 0 Å². The number of rotatable bonds is 6. The van der Waals surface area contributed by atoms with Gasteiger partial charge in [-0.15, -0.1) is 11.3 Å². The molecular formula is C24H34N4OS. The van der Waals surface area contributed by atoms with Crippen molar-refractivity contribution in [3.8, 4) is 0 Å². The first kappa shape index (κ1) is 21.5. The van der Waals surface area contributed by atoms with Crippen molar-refractivity contribution in [2.75, 3.05) is 26.2 Å². The average molecular weight is 427 g/mol. The maximum Gasteiger partial charge on any atom is 0.223 e. The van der Waals surface area contributed by atoms with E-state index in [-0.39, 0.29) is 17.4 Å². The predicted octanol–water partition coefficient (Wildman–Crippen LogP) is 3.62. The summed E-state index contributed by atoms with van der Waals surface area (Å²) in [7, 11) is 0. The van der Waals surface area contributed by atoms with E-state index in [1.165, 1.54) is 11.1 Å². The third kappa shape index (κ3) is 5.10. The fourth-order valence-corrected chi connectivity index (χ4v) is 5.24. The highest BCUT2D eigenvalue weighted by atomic mass is 32.1. The summed E-state index contributed by atoms with van der Waals surface area (Å²) in [6.45, 7) is 12.1. The molecule has 1 aromatic carbocycles. The van der Waals surface area contributed by atoms with Gasteiger partial charge in [0.25, 0.3) is 0 Å². The highest BCUT2D eigenvalue weighted by Gasteiger charge is 2.32. The Balaban J connectivity index is 1.23. The fourth-order valence-electron chi connectivity index (χ4n) is 4.64. The van der Waals surface area contributed by atoms with Gasteiger partial charge in [-0.3, -0.25) is 14.6 Å². The van der Waals surface area contributed by atoms with Crippen LogP contribution in [0.1, 0.15) is 48.5 Å². The first-order valence-electron chi connectivity index (χ1n) is 11.1. The number of carbonyl (C=O) groups excluding carboxylic acids is 1. The Kier molecular flexibility index (Phi) is 6.56. The number of nitrogens with zero attached hydrogens (tertiary/aromatic N) is 3. The molecule has 1 fully saturated rings. The zero-order valence-corrected chi connectivity index (χ0v) is 19.3. The monoisotopic (exact) mass is 426 g/mol. The zero-order chi connectivity index (χ0) is 21.1. The third-order valence-electron chi connectivity index (χ3n) is 6.69. The molecule has 1 saturated heterocycles. The summed E-state index contributed by atoms with van der Waals surface area (Å²) in [6, 6.07) is 8.72. The van der Waals surface area contributed by atoms with Crippen LogP contribution in [0.3, 0.4) is 0 Å². The minimum absolute atomic E-state index is 0.0492. The van der Waals surface area contributed by atoms with E-state index >= 15 is 0 Å². The Labute approximate surface area is 184 Å². The van der Waals surface area contributed by atoms with Crippen molar-refractivity contribution in [2.24, 2.45) is 5.92 Å². The molecule has 30 heavy (non-hydrogen) atoms. The summed E-state index contributed by atoms with van der Waals surface area (Å²) in [4.78, 5) is 22.3. The summed E-state index contributed by atoms with van der Waals surface area (Å²) in [5.41, 5.74) is 4.00. The van der Waals surface area contributed by atoms with E-state index in [9.17, 15) is 4.79 Å². The van der Waals surface area contributed by atoms with Crippen LogP contribution in [-0.2, 0) is 24.3 Å². The number of fused-ring (bicyclic) bond motifs is 1. The molecule has 0 spiro atoms. The Morgan fingerprint density at radius 3 is 2.63 bits per heavy atom. The standard InChI is InChI=1S/C24H34N4OS/c1-18-26-22(16-30-18)15-27-11-8-20(9-12-27)23(29)25-17-24(2,3)28-13-10-19-6-4-5-7-21(19)14-28/h4-7,16,20H,8-15,17H2,1-3H3,(H,25,29). The van der Waals surface area contributed by atoms with Gasteiger partial charge < -0.3 is 5.32 Å². The normalized spacial score (nSPS) is 18.9. The minimum Gasteiger partial charge on any atom is -0.354 e. The lowest BCUT2D eigenvalue weighted by molar-refractivity contribution is -0.127. The van der Waals surface area contributed by atoms with E-state index in [2.05, 4.69) is 70.5 Å². The van der Waals surface area contributed by atoms with Crippen LogP contribution < -0.4 is 5.32 Å². The average Bonchev–Trinajstić information content (AvgIpc) is 3.16. The van der Waals surface area contributed by atoms with E-state index in [0.717, 1.165) is 62.7 Å². The van der Waals surface area contributed by atoms with Crippen molar-refractivity contribution in [1.82, 2.24) is 20.1 Å². The van der Waals surface area contributed by atoms with E-state index in [4.69, 9.17) is 0 Å². The molecule has 0 atom stereocenters. The maximum atomic E-state index is 12.8. The van der Waals surface area contributed by atoms with Crippen LogP contribution in [0.25, 0.3) is 0 Å². The minimum atomic E-state index is -0.0492. The van der Waals surface area contributed by atoms with Crippen LogP contribution in [0, 0.1) is 12.8 Å². The molecule has 1 aromatic heterocycles. The number of amides is 1. The second-order valence-electron chi connectivity index (χ2n) is 9.38. The van der Waals surface area contributed by atoms with E-state index < -0.39 is 0 Å². The molecule has 0 unspecified atom stereocenters. The number of thiazole rings is 1.